The Balaban J connectivity index is 1.98. The van der Waals surface area contributed by atoms with Crippen LogP contribution in [0.3, 0.4) is 0 Å². The number of ketones is 1. The van der Waals surface area contributed by atoms with Gasteiger partial charge in [0.15, 0.2) is 5.78 Å². The van der Waals surface area contributed by atoms with Crippen LogP contribution in [0.15, 0.2) is 36.4 Å². The van der Waals surface area contributed by atoms with Gasteiger partial charge in [-0.2, -0.15) is 0 Å². The fraction of sp³-hybridized carbons (Fsp3) is 0.250. The molecule has 8 heteroatoms. The summed E-state index contributed by atoms with van der Waals surface area (Å²) in [6.45, 7) is 2.51. The molecule has 6 nitrogen and oxygen atoms in total. The first-order valence-corrected chi connectivity index (χ1v) is 8.45. The van der Waals surface area contributed by atoms with Gasteiger partial charge in [0.2, 0.25) is 0 Å². The van der Waals surface area contributed by atoms with E-state index in [4.69, 9.17) is 4.74 Å². The minimum atomic E-state index is -1.76. The smallest absolute Gasteiger partial charge is 0.325 e. The first-order valence-electron chi connectivity index (χ1n) is 8.45. The van der Waals surface area contributed by atoms with Crippen molar-refractivity contribution in [2.75, 3.05) is 7.11 Å². The number of ether oxygens (including phenoxy) is 1. The summed E-state index contributed by atoms with van der Waals surface area (Å²) >= 11 is 0. The molecule has 0 radical (unpaired) electrons. The summed E-state index contributed by atoms with van der Waals surface area (Å²) < 4.78 is 33.1. The van der Waals surface area contributed by atoms with Crippen LogP contribution in [0.5, 0.6) is 5.75 Å². The number of carbonyl (C=O) groups is 3. The number of urea groups is 1. The maximum absolute atomic E-state index is 14.2. The number of Topliss-reactive ketones (excluding diaryl/α,β-unsaturated/α-hetero) is 1. The number of nitrogens with one attached hydrogen (secondary N) is 1. The molecule has 0 spiro atoms. The SMILES string of the molecule is COc1ccc(C(C)=O)cc1CN1C(=O)NC(C)(c2cc(F)ccc2F)C1=O. The van der Waals surface area contributed by atoms with Gasteiger partial charge in [0.05, 0.1) is 13.7 Å². The summed E-state index contributed by atoms with van der Waals surface area (Å²) in [5, 5.41) is 2.43. The van der Waals surface area contributed by atoms with Crippen molar-refractivity contribution in [2.45, 2.75) is 25.9 Å². The zero-order valence-electron chi connectivity index (χ0n) is 15.5. The van der Waals surface area contributed by atoms with Crippen molar-refractivity contribution in [3.8, 4) is 5.75 Å². The van der Waals surface area contributed by atoms with Crippen molar-refractivity contribution in [2.24, 2.45) is 0 Å². The summed E-state index contributed by atoms with van der Waals surface area (Å²) in [6, 6.07) is 6.62. The molecule has 1 aliphatic heterocycles. The zero-order chi connectivity index (χ0) is 20.6. The van der Waals surface area contributed by atoms with Gasteiger partial charge >= 0.3 is 6.03 Å². The first-order chi connectivity index (χ1) is 13.2. The number of carbonyl (C=O) groups excluding carboxylic acids is 3. The van der Waals surface area contributed by atoms with E-state index in [-0.39, 0.29) is 17.9 Å². The van der Waals surface area contributed by atoms with E-state index in [0.717, 1.165) is 23.1 Å². The average Bonchev–Trinajstić information content (AvgIpc) is 2.87. The van der Waals surface area contributed by atoms with Gasteiger partial charge in [0, 0.05) is 16.7 Å². The molecule has 0 bridgehead atoms. The number of halogens is 2. The molecule has 146 valence electrons. The van der Waals surface area contributed by atoms with E-state index >= 15 is 0 Å². The lowest BCUT2D eigenvalue weighted by molar-refractivity contribution is -0.131. The monoisotopic (exact) mass is 388 g/mol. The van der Waals surface area contributed by atoms with Gasteiger partial charge in [0.1, 0.15) is 22.9 Å². The fourth-order valence-corrected chi connectivity index (χ4v) is 3.20. The molecule has 1 unspecified atom stereocenters. The van der Waals surface area contributed by atoms with Crippen LogP contribution in [0.25, 0.3) is 0 Å². The standard InChI is InChI=1S/C20H18F2N2O4/c1-11(25)12-4-7-17(28-3)13(8-12)10-24-18(26)20(2,23-19(24)27)15-9-14(21)5-6-16(15)22/h4-9H,10H2,1-3H3,(H,23,27). The molecule has 1 N–H and O–H groups in total. The van der Waals surface area contributed by atoms with E-state index in [9.17, 15) is 23.2 Å². The minimum absolute atomic E-state index is 0.187. The topological polar surface area (TPSA) is 75.7 Å². The molecule has 1 fully saturated rings. The Bertz CT molecular complexity index is 992. The second kappa shape index (κ2) is 7.03. The number of hydrogen-bond acceptors (Lipinski definition) is 4. The number of amides is 3. The lowest BCUT2D eigenvalue weighted by atomic mass is 9.91. The van der Waals surface area contributed by atoms with Crippen molar-refractivity contribution in [1.82, 2.24) is 10.2 Å². The van der Waals surface area contributed by atoms with Crippen LogP contribution in [0.4, 0.5) is 13.6 Å². The van der Waals surface area contributed by atoms with Crippen LogP contribution >= 0.6 is 0 Å². The van der Waals surface area contributed by atoms with Gasteiger partial charge in [-0.15, -0.1) is 0 Å². The van der Waals surface area contributed by atoms with Crippen molar-refractivity contribution in [3.63, 3.8) is 0 Å². The maximum Gasteiger partial charge on any atom is 0.325 e. The van der Waals surface area contributed by atoms with E-state index in [2.05, 4.69) is 5.32 Å². The molecular weight excluding hydrogens is 370 g/mol. The Kier molecular flexibility index (Phi) is 4.89. The van der Waals surface area contributed by atoms with E-state index < -0.39 is 29.1 Å². The third kappa shape index (κ3) is 3.21. The third-order valence-corrected chi connectivity index (χ3v) is 4.76. The Morgan fingerprint density at radius 1 is 1.18 bits per heavy atom. The van der Waals surface area contributed by atoms with Gasteiger partial charge in [-0.25, -0.2) is 13.6 Å². The average molecular weight is 388 g/mol. The Hall–Kier alpha value is -3.29. The van der Waals surface area contributed by atoms with Gasteiger partial charge in [-0.3, -0.25) is 14.5 Å². The molecule has 2 aromatic carbocycles. The molecule has 2 aromatic rings. The quantitative estimate of drug-likeness (QED) is 0.631. The highest BCUT2D eigenvalue weighted by molar-refractivity contribution is 6.07. The number of hydrogen-bond donors (Lipinski definition) is 1. The number of rotatable bonds is 5. The minimum Gasteiger partial charge on any atom is -0.496 e. The molecule has 1 heterocycles. The first kappa shape index (κ1) is 19.5. The highest BCUT2D eigenvalue weighted by atomic mass is 19.1. The van der Waals surface area contributed by atoms with Gasteiger partial charge in [-0.1, -0.05) is 0 Å². The second-order valence-electron chi connectivity index (χ2n) is 6.65. The van der Waals surface area contributed by atoms with Gasteiger partial charge in [-0.05, 0) is 50.2 Å². The molecule has 1 saturated heterocycles. The molecule has 1 aliphatic rings. The number of benzene rings is 2. The zero-order valence-corrected chi connectivity index (χ0v) is 15.5. The molecule has 0 aromatic heterocycles. The second-order valence-corrected chi connectivity index (χ2v) is 6.65. The van der Waals surface area contributed by atoms with Crippen LogP contribution in [0, 0.1) is 11.6 Å². The molecule has 1 atom stereocenters. The van der Waals surface area contributed by atoms with Crippen molar-refractivity contribution >= 4 is 17.7 Å². The van der Waals surface area contributed by atoms with Gasteiger partial charge < -0.3 is 10.1 Å². The molecule has 0 saturated carbocycles. The summed E-state index contributed by atoms with van der Waals surface area (Å²) in [4.78, 5) is 38.0. The lowest BCUT2D eigenvalue weighted by Gasteiger charge is -2.23. The molecular formula is C20H18F2N2O4. The van der Waals surface area contributed by atoms with E-state index in [1.165, 1.54) is 27.0 Å². The third-order valence-electron chi connectivity index (χ3n) is 4.76. The summed E-state index contributed by atoms with van der Waals surface area (Å²) in [5.74, 6) is -2.08. The highest BCUT2D eigenvalue weighted by Gasteiger charge is 2.50. The number of methoxy groups -OCH3 is 1. The van der Waals surface area contributed by atoms with Crippen molar-refractivity contribution in [3.05, 3.63) is 64.7 Å². The number of nitrogens with zero attached hydrogens (tertiary/aromatic N) is 1. The lowest BCUT2D eigenvalue weighted by Crippen LogP contribution is -2.41. The Morgan fingerprint density at radius 3 is 2.54 bits per heavy atom. The summed E-state index contributed by atoms with van der Waals surface area (Å²) in [7, 11) is 1.42. The van der Waals surface area contributed by atoms with Crippen LogP contribution in [0.2, 0.25) is 0 Å². The van der Waals surface area contributed by atoms with Crippen LogP contribution < -0.4 is 10.1 Å². The van der Waals surface area contributed by atoms with Crippen molar-refractivity contribution < 1.29 is 27.9 Å². The number of imide groups is 1. The fourth-order valence-electron chi connectivity index (χ4n) is 3.20. The molecule has 3 rings (SSSR count). The maximum atomic E-state index is 14.2. The van der Waals surface area contributed by atoms with E-state index in [0.29, 0.717) is 16.9 Å². The van der Waals surface area contributed by atoms with Crippen molar-refractivity contribution in [1.29, 1.82) is 0 Å². The predicted molar refractivity (Wildman–Crippen MR) is 95.8 cm³/mol. The van der Waals surface area contributed by atoms with Gasteiger partial charge in [0.25, 0.3) is 5.91 Å². The molecule has 0 aliphatic carbocycles. The van der Waals surface area contributed by atoms with E-state index in [1.807, 2.05) is 0 Å². The summed E-state index contributed by atoms with van der Waals surface area (Å²) in [5.41, 5.74) is -1.20. The Morgan fingerprint density at radius 2 is 1.89 bits per heavy atom. The Labute approximate surface area is 160 Å². The van der Waals surface area contributed by atoms with Crippen LogP contribution in [0.1, 0.15) is 35.3 Å². The summed E-state index contributed by atoms with van der Waals surface area (Å²) in [6.07, 6.45) is 0. The highest BCUT2D eigenvalue weighted by Crippen LogP contribution is 2.33. The normalized spacial score (nSPS) is 19.0. The molecule has 3 amide bonds. The van der Waals surface area contributed by atoms with Crippen LogP contribution in [-0.4, -0.2) is 29.7 Å². The predicted octanol–water partition coefficient (Wildman–Crippen LogP) is 3.14. The van der Waals surface area contributed by atoms with E-state index in [1.54, 1.807) is 12.1 Å². The largest absolute Gasteiger partial charge is 0.496 e. The van der Waals surface area contributed by atoms with Crippen LogP contribution in [-0.2, 0) is 16.9 Å². The molecule has 28 heavy (non-hydrogen) atoms.